The first kappa shape index (κ1) is 20.2. The number of carbonyl (C=O) groups is 1. The van der Waals surface area contributed by atoms with E-state index in [0.717, 1.165) is 18.6 Å². The summed E-state index contributed by atoms with van der Waals surface area (Å²) in [4.78, 5) is 13.0. The van der Waals surface area contributed by atoms with Crippen molar-refractivity contribution in [3.63, 3.8) is 0 Å². The molecule has 0 fully saturated rings. The minimum Gasteiger partial charge on any atom is -0.345 e. The summed E-state index contributed by atoms with van der Waals surface area (Å²) in [7, 11) is -1.72. The lowest BCUT2D eigenvalue weighted by molar-refractivity contribution is 0.101. The maximum Gasteiger partial charge on any atom is 0.272 e. The van der Waals surface area contributed by atoms with Crippen LogP contribution >= 0.6 is 0 Å². The van der Waals surface area contributed by atoms with Crippen LogP contribution in [-0.4, -0.2) is 20.7 Å². The van der Waals surface area contributed by atoms with E-state index in [4.69, 9.17) is 4.78 Å². The van der Waals surface area contributed by atoms with Crippen molar-refractivity contribution in [1.82, 2.24) is 9.29 Å². The highest BCUT2D eigenvalue weighted by atomic mass is 32.2. The zero-order valence-electron chi connectivity index (χ0n) is 15.8. The smallest absolute Gasteiger partial charge is 0.272 e. The number of nitrogens with one attached hydrogen (secondary N) is 3. The van der Waals surface area contributed by atoms with Crippen molar-refractivity contribution in [2.75, 3.05) is 5.32 Å². The first-order chi connectivity index (χ1) is 13.1. The number of rotatable bonds is 4. The molecule has 3 atom stereocenters. The number of aromatic nitrogens is 1. The second-order valence-electron chi connectivity index (χ2n) is 6.89. The van der Waals surface area contributed by atoms with Gasteiger partial charge in [0, 0.05) is 36.6 Å². The predicted molar refractivity (Wildman–Crippen MR) is 104 cm³/mol. The van der Waals surface area contributed by atoms with E-state index < -0.39 is 27.5 Å². The first-order valence-corrected chi connectivity index (χ1v) is 10.4. The minimum atomic E-state index is -3.33. The van der Waals surface area contributed by atoms with E-state index in [1.807, 2.05) is 19.9 Å². The highest BCUT2D eigenvalue weighted by molar-refractivity contribution is 7.90. The topological polar surface area (TPSA) is 87.0 Å². The quantitative estimate of drug-likeness (QED) is 0.716. The molecule has 1 aliphatic rings. The van der Waals surface area contributed by atoms with Gasteiger partial charge in [0.1, 0.15) is 15.6 Å². The molecule has 1 aromatic heterocycles. The molecule has 0 aliphatic carbocycles. The lowest BCUT2D eigenvalue weighted by Gasteiger charge is -2.20. The molecule has 1 aromatic carbocycles. The normalized spacial score (nSPS) is 22.4. The molecule has 0 saturated heterocycles. The molecule has 2 heterocycles. The Kier molecular flexibility index (Phi) is 5.40. The summed E-state index contributed by atoms with van der Waals surface area (Å²) in [5.74, 6) is -2.50. The average molecular weight is 408 g/mol. The molecule has 1 aliphatic heterocycles. The number of hydrogen-bond acceptors (Lipinski definition) is 3. The van der Waals surface area contributed by atoms with Crippen LogP contribution in [0.4, 0.5) is 14.5 Å². The van der Waals surface area contributed by atoms with Crippen LogP contribution in [0.5, 0.6) is 0 Å². The number of hydrogen-bond donors (Lipinski definition) is 3. The van der Waals surface area contributed by atoms with Crippen LogP contribution in [0.25, 0.3) is 6.08 Å². The van der Waals surface area contributed by atoms with Crippen LogP contribution in [0, 0.1) is 22.3 Å². The van der Waals surface area contributed by atoms with Gasteiger partial charge in [-0.1, -0.05) is 32.4 Å². The fraction of sp³-hybridized carbons (Fsp3) is 0.316. The number of halogens is 2. The average Bonchev–Trinajstić information content (AvgIpc) is 2.92. The SMILES string of the molecule is CC[C@H](C)C1C=Cc2c(cn(C)c2C(=O)Nc2ccc(F)c(F)c2)S(=N)(=O)N1. The summed E-state index contributed by atoms with van der Waals surface area (Å²) in [5.41, 5.74) is 0.655. The summed E-state index contributed by atoms with van der Waals surface area (Å²) < 4.78 is 52.2. The van der Waals surface area contributed by atoms with Gasteiger partial charge in [0.2, 0.25) is 0 Å². The zero-order valence-corrected chi connectivity index (χ0v) is 16.6. The molecule has 28 heavy (non-hydrogen) atoms. The molecule has 3 N–H and O–H groups in total. The van der Waals surface area contributed by atoms with Gasteiger partial charge in [0.15, 0.2) is 11.6 Å². The Balaban J connectivity index is 2.01. The van der Waals surface area contributed by atoms with E-state index in [9.17, 15) is 17.8 Å². The summed E-state index contributed by atoms with van der Waals surface area (Å²) in [6.07, 6.45) is 5.82. The van der Waals surface area contributed by atoms with Gasteiger partial charge < -0.3 is 9.88 Å². The molecule has 150 valence electrons. The van der Waals surface area contributed by atoms with Crippen molar-refractivity contribution < 1.29 is 17.8 Å². The monoisotopic (exact) mass is 408 g/mol. The molecule has 9 heteroatoms. The Morgan fingerprint density at radius 2 is 2.11 bits per heavy atom. The number of aryl methyl sites for hydroxylation is 1. The summed E-state index contributed by atoms with van der Waals surface area (Å²) in [6.45, 7) is 3.99. The van der Waals surface area contributed by atoms with Crippen molar-refractivity contribution in [2.24, 2.45) is 13.0 Å². The molecule has 2 aromatic rings. The summed E-state index contributed by atoms with van der Waals surface area (Å²) in [6, 6.07) is 2.80. The van der Waals surface area contributed by atoms with E-state index in [0.29, 0.717) is 5.56 Å². The van der Waals surface area contributed by atoms with Gasteiger partial charge in [0.05, 0.1) is 4.90 Å². The van der Waals surface area contributed by atoms with Gasteiger partial charge in [0.25, 0.3) is 5.91 Å². The van der Waals surface area contributed by atoms with Gasteiger partial charge in [-0.25, -0.2) is 22.5 Å². The van der Waals surface area contributed by atoms with Crippen molar-refractivity contribution in [3.05, 3.63) is 53.4 Å². The van der Waals surface area contributed by atoms with E-state index in [1.165, 1.54) is 16.8 Å². The van der Waals surface area contributed by atoms with Crippen molar-refractivity contribution >= 4 is 27.6 Å². The maximum atomic E-state index is 13.4. The van der Waals surface area contributed by atoms with E-state index in [1.54, 1.807) is 13.1 Å². The number of amides is 1. The molecule has 0 saturated carbocycles. The van der Waals surface area contributed by atoms with Gasteiger partial charge in [-0.15, -0.1) is 0 Å². The van der Waals surface area contributed by atoms with Crippen molar-refractivity contribution in [1.29, 1.82) is 4.78 Å². The second kappa shape index (κ2) is 7.48. The highest BCUT2D eigenvalue weighted by Gasteiger charge is 2.29. The largest absolute Gasteiger partial charge is 0.345 e. The van der Waals surface area contributed by atoms with Crippen molar-refractivity contribution in [3.8, 4) is 0 Å². The zero-order chi connectivity index (χ0) is 20.6. The number of anilines is 1. The van der Waals surface area contributed by atoms with Crippen LogP contribution in [0.3, 0.4) is 0 Å². The number of carbonyl (C=O) groups excluding carboxylic acids is 1. The second-order valence-corrected chi connectivity index (χ2v) is 8.68. The first-order valence-electron chi connectivity index (χ1n) is 8.84. The van der Waals surface area contributed by atoms with Crippen molar-refractivity contribution in [2.45, 2.75) is 31.2 Å². The molecule has 2 unspecified atom stereocenters. The Labute approximate surface area is 162 Å². The summed E-state index contributed by atoms with van der Waals surface area (Å²) in [5, 5.41) is 2.52. The molecule has 3 rings (SSSR count). The van der Waals surface area contributed by atoms with Gasteiger partial charge in [-0.2, -0.15) is 0 Å². The number of benzene rings is 1. The fourth-order valence-electron chi connectivity index (χ4n) is 3.11. The molecular weight excluding hydrogens is 386 g/mol. The molecule has 0 spiro atoms. The minimum absolute atomic E-state index is 0.0960. The maximum absolute atomic E-state index is 13.4. The van der Waals surface area contributed by atoms with E-state index in [-0.39, 0.29) is 28.2 Å². The lowest BCUT2D eigenvalue weighted by atomic mass is 9.99. The molecular formula is C19H22F2N4O2S. The molecule has 1 amide bonds. The molecule has 0 radical (unpaired) electrons. The van der Waals surface area contributed by atoms with Crippen LogP contribution in [0.2, 0.25) is 0 Å². The molecule has 0 bridgehead atoms. The third kappa shape index (κ3) is 3.72. The number of fused-ring (bicyclic) bond motifs is 1. The van der Waals surface area contributed by atoms with Crippen LogP contribution < -0.4 is 10.0 Å². The van der Waals surface area contributed by atoms with Gasteiger partial charge in [-0.05, 0) is 18.1 Å². The van der Waals surface area contributed by atoms with Crippen LogP contribution in [-0.2, 0) is 17.0 Å². The molecule has 6 nitrogen and oxygen atoms in total. The number of nitrogens with zero attached hydrogens (tertiary/aromatic N) is 1. The van der Waals surface area contributed by atoms with E-state index >= 15 is 0 Å². The Bertz CT molecular complexity index is 1060. The Morgan fingerprint density at radius 1 is 1.39 bits per heavy atom. The van der Waals surface area contributed by atoms with Gasteiger partial charge in [-0.3, -0.25) is 4.79 Å². The van der Waals surface area contributed by atoms with Crippen LogP contribution in [0.15, 0.2) is 35.4 Å². The highest BCUT2D eigenvalue weighted by Crippen LogP contribution is 2.29. The standard InChI is InChI=1S/C19H22F2N4O2S/c1-4-11(2)16-8-6-13-17(28(22,27)24-16)10-25(3)18(13)19(26)23-12-5-7-14(20)15(21)9-12/h5-11,16H,4H2,1-3H3,(H,23,26)(H2,22,24,27)/t11-,16?,28?/m0/s1. The lowest BCUT2D eigenvalue weighted by Crippen LogP contribution is -2.36. The Morgan fingerprint density at radius 3 is 2.75 bits per heavy atom. The fourth-order valence-corrected chi connectivity index (χ4v) is 4.71. The van der Waals surface area contributed by atoms with E-state index in [2.05, 4.69) is 10.0 Å². The summed E-state index contributed by atoms with van der Waals surface area (Å²) >= 11 is 0. The third-order valence-corrected chi connectivity index (χ3v) is 6.46. The predicted octanol–water partition coefficient (Wildman–Crippen LogP) is 3.91. The van der Waals surface area contributed by atoms with Crippen LogP contribution in [0.1, 0.15) is 36.3 Å². The Hall–Kier alpha value is -2.52. The van der Waals surface area contributed by atoms with Gasteiger partial charge >= 0.3 is 0 Å². The third-order valence-electron chi connectivity index (χ3n) is 4.92.